The van der Waals surface area contributed by atoms with E-state index >= 15 is 0 Å². The summed E-state index contributed by atoms with van der Waals surface area (Å²) in [5, 5.41) is 10.7. The molecule has 0 bridgehead atoms. The lowest BCUT2D eigenvalue weighted by Gasteiger charge is -2.23. The Hall–Kier alpha value is -1.64. The minimum atomic E-state index is -0.569. The first-order chi connectivity index (χ1) is 9.51. The monoisotopic (exact) mass is 269 g/mol. The molecule has 0 aromatic heterocycles. The van der Waals surface area contributed by atoms with Gasteiger partial charge in [-0.1, -0.05) is 59.2 Å². The lowest BCUT2D eigenvalue weighted by molar-refractivity contribution is 0.147. The van der Waals surface area contributed by atoms with Gasteiger partial charge in [-0.15, -0.1) is 0 Å². The standard InChI is InChI=1S/C18H23NO/c1-12-5-4-6-15(8-12)17(11-19)18(20)16-9-13(2)7-14(3)10-16/h4-10,17-18,20H,11,19H2,1-3H3. The number of aliphatic hydroxyl groups excluding tert-OH is 1. The molecule has 0 amide bonds. The second kappa shape index (κ2) is 6.21. The van der Waals surface area contributed by atoms with Gasteiger partial charge in [-0.2, -0.15) is 0 Å². The van der Waals surface area contributed by atoms with E-state index in [4.69, 9.17) is 5.73 Å². The highest BCUT2D eigenvalue weighted by molar-refractivity contribution is 5.34. The SMILES string of the molecule is Cc1cc(C)cc(C(O)C(CN)c2cccc(C)c2)c1. The molecular weight excluding hydrogens is 246 g/mol. The molecule has 2 nitrogen and oxygen atoms in total. The van der Waals surface area contributed by atoms with Gasteiger partial charge in [0.05, 0.1) is 6.10 Å². The van der Waals surface area contributed by atoms with Crippen LogP contribution < -0.4 is 5.73 Å². The van der Waals surface area contributed by atoms with Crippen LogP contribution in [0.2, 0.25) is 0 Å². The molecule has 2 heteroatoms. The maximum atomic E-state index is 10.7. The van der Waals surface area contributed by atoms with Crippen molar-refractivity contribution in [2.24, 2.45) is 5.73 Å². The van der Waals surface area contributed by atoms with Gasteiger partial charge >= 0.3 is 0 Å². The molecule has 0 aliphatic carbocycles. The van der Waals surface area contributed by atoms with Crippen LogP contribution in [0.15, 0.2) is 42.5 Å². The highest BCUT2D eigenvalue weighted by Crippen LogP contribution is 2.31. The number of aliphatic hydroxyl groups is 1. The number of benzene rings is 2. The fraction of sp³-hybridized carbons (Fsp3) is 0.333. The summed E-state index contributed by atoms with van der Waals surface area (Å²) in [5.41, 5.74) is 11.5. The molecule has 2 aromatic carbocycles. The van der Waals surface area contributed by atoms with E-state index in [1.165, 1.54) is 16.7 Å². The summed E-state index contributed by atoms with van der Waals surface area (Å²) >= 11 is 0. The van der Waals surface area contributed by atoms with E-state index < -0.39 is 6.10 Å². The average Bonchev–Trinajstić information content (AvgIpc) is 2.38. The summed E-state index contributed by atoms with van der Waals surface area (Å²) < 4.78 is 0. The van der Waals surface area contributed by atoms with E-state index in [1.54, 1.807) is 0 Å². The van der Waals surface area contributed by atoms with Gasteiger partial charge in [0.2, 0.25) is 0 Å². The number of hydrogen-bond donors (Lipinski definition) is 2. The lowest BCUT2D eigenvalue weighted by Crippen LogP contribution is -2.20. The molecule has 2 rings (SSSR count). The van der Waals surface area contributed by atoms with Crippen molar-refractivity contribution in [3.63, 3.8) is 0 Å². The molecule has 0 fully saturated rings. The van der Waals surface area contributed by atoms with E-state index in [-0.39, 0.29) is 5.92 Å². The molecule has 0 aliphatic rings. The van der Waals surface area contributed by atoms with Crippen LogP contribution in [0.1, 0.15) is 39.8 Å². The van der Waals surface area contributed by atoms with Crippen LogP contribution in [0.5, 0.6) is 0 Å². The zero-order valence-electron chi connectivity index (χ0n) is 12.4. The van der Waals surface area contributed by atoms with Crippen LogP contribution in [0.3, 0.4) is 0 Å². The predicted octanol–water partition coefficient (Wildman–Crippen LogP) is 3.39. The molecule has 0 heterocycles. The molecule has 2 aromatic rings. The fourth-order valence-electron chi connectivity index (χ4n) is 2.76. The van der Waals surface area contributed by atoms with E-state index in [0.717, 1.165) is 11.1 Å². The molecular formula is C18H23NO. The van der Waals surface area contributed by atoms with E-state index in [2.05, 4.69) is 25.1 Å². The van der Waals surface area contributed by atoms with Crippen LogP contribution in [0.25, 0.3) is 0 Å². The third-order valence-electron chi connectivity index (χ3n) is 3.69. The molecule has 3 N–H and O–H groups in total. The van der Waals surface area contributed by atoms with E-state index in [9.17, 15) is 5.11 Å². The van der Waals surface area contributed by atoms with Gasteiger partial charge in [0.15, 0.2) is 0 Å². The summed E-state index contributed by atoms with van der Waals surface area (Å²) in [4.78, 5) is 0. The highest BCUT2D eigenvalue weighted by atomic mass is 16.3. The average molecular weight is 269 g/mol. The Morgan fingerprint density at radius 2 is 1.50 bits per heavy atom. The summed E-state index contributed by atoms with van der Waals surface area (Å²) in [6.07, 6.45) is -0.569. The first-order valence-electron chi connectivity index (χ1n) is 7.04. The largest absolute Gasteiger partial charge is 0.388 e. The fourth-order valence-corrected chi connectivity index (χ4v) is 2.76. The topological polar surface area (TPSA) is 46.2 Å². The highest BCUT2D eigenvalue weighted by Gasteiger charge is 2.21. The van der Waals surface area contributed by atoms with Gasteiger partial charge in [-0.05, 0) is 31.9 Å². The second-order valence-corrected chi connectivity index (χ2v) is 5.62. The zero-order valence-corrected chi connectivity index (χ0v) is 12.4. The number of aryl methyl sites for hydroxylation is 3. The molecule has 106 valence electrons. The van der Waals surface area contributed by atoms with Crippen molar-refractivity contribution in [3.05, 3.63) is 70.3 Å². The Morgan fingerprint density at radius 3 is 2.05 bits per heavy atom. The molecule has 0 spiro atoms. The maximum absolute atomic E-state index is 10.7. The Kier molecular flexibility index (Phi) is 4.58. The summed E-state index contributed by atoms with van der Waals surface area (Å²) in [6, 6.07) is 14.4. The normalized spacial score (nSPS) is 14.1. The van der Waals surface area contributed by atoms with Gasteiger partial charge in [-0.3, -0.25) is 0 Å². The first-order valence-corrected chi connectivity index (χ1v) is 7.04. The van der Waals surface area contributed by atoms with Crippen molar-refractivity contribution in [1.82, 2.24) is 0 Å². The number of hydrogen-bond acceptors (Lipinski definition) is 2. The zero-order chi connectivity index (χ0) is 14.7. The van der Waals surface area contributed by atoms with Crippen molar-refractivity contribution in [1.29, 1.82) is 0 Å². The van der Waals surface area contributed by atoms with Crippen molar-refractivity contribution in [2.75, 3.05) is 6.54 Å². The molecule has 0 saturated heterocycles. The van der Waals surface area contributed by atoms with Crippen molar-refractivity contribution in [3.8, 4) is 0 Å². The first kappa shape index (κ1) is 14.8. The van der Waals surface area contributed by atoms with Gasteiger partial charge in [0.25, 0.3) is 0 Å². The van der Waals surface area contributed by atoms with Crippen molar-refractivity contribution < 1.29 is 5.11 Å². The smallest absolute Gasteiger partial charge is 0.0870 e. The number of nitrogens with two attached hydrogens (primary N) is 1. The van der Waals surface area contributed by atoms with Crippen LogP contribution in [-0.2, 0) is 0 Å². The second-order valence-electron chi connectivity index (χ2n) is 5.62. The van der Waals surface area contributed by atoms with Crippen LogP contribution in [-0.4, -0.2) is 11.7 Å². The minimum Gasteiger partial charge on any atom is -0.388 e. The third-order valence-corrected chi connectivity index (χ3v) is 3.69. The summed E-state index contributed by atoms with van der Waals surface area (Å²) in [7, 11) is 0. The molecule has 2 unspecified atom stereocenters. The molecule has 2 atom stereocenters. The Morgan fingerprint density at radius 1 is 0.900 bits per heavy atom. The van der Waals surface area contributed by atoms with Crippen LogP contribution in [0, 0.1) is 20.8 Å². The Balaban J connectivity index is 2.35. The third kappa shape index (κ3) is 3.27. The predicted molar refractivity (Wildman–Crippen MR) is 83.9 cm³/mol. The lowest BCUT2D eigenvalue weighted by atomic mass is 9.87. The van der Waals surface area contributed by atoms with Crippen LogP contribution in [0.4, 0.5) is 0 Å². The molecule has 0 saturated carbocycles. The van der Waals surface area contributed by atoms with Crippen LogP contribution >= 0.6 is 0 Å². The molecule has 0 aliphatic heterocycles. The Labute approximate surface area is 121 Å². The van der Waals surface area contributed by atoms with E-state index in [0.29, 0.717) is 6.54 Å². The van der Waals surface area contributed by atoms with Gasteiger partial charge in [0, 0.05) is 12.5 Å². The molecule has 0 radical (unpaired) electrons. The van der Waals surface area contributed by atoms with Gasteiger partial charge in [0.1, 0.15) is 0 Å². The van der Waals surface area contributed by atoms with Gasteiger partial charge < -0.3 is 10.8 Å². The number of rotatable bonds is 4. The molecule has 20 heavy (non-hydrogen) atoms. The maximum Gasteiger partial charge on any atom is 0.0870 e. The Bertz CT molecular complexity index is 571. The summed E-state index contributed by atoms with van der Waals surface area (Å²) in [5.74, 6) is -0.0731. The van der Waals surface area contributed by atoms with E-state index in [1.807, 2.05) is 38.1 Å². The van der Waals surface area contributed by atoms with Gasteiger partial charge in [-0.25, -0.2) is 0 Å². The van der Waals surface area contributed by atoms with Crippen molar-refractivity contribution in [2.45, 2.75) is 32.8 Å². The summed E-state index contributed by atoms with van der Waals surface area (Å²) in [6.45, 7) is 6.58. The quantitative estimate of drug-likeness (QED) is 0.893. The van der Waals surface area contributed by atoms with Crippen molar-refractivity contribution >= 4 is 0 Å². The minimum absolute atomic E-state index is 0.0731.